The number of aryl methyl sites for hydroxylation is 1. The Morgan fingerprint density at radius 2 is 1.82 bits per heavy atom. The molecule has 1 fully saturated rings. The summed E-state index contributed by atoms with van der Waals surface area (Å²) in [5.74, 6) is 1.84. The molecule has 0 aliphatic carbocycles. The number of piperidine rings is 1. The molecular formula is C36H59N3S. The van der Waals surface area contributed by atoms with Crippen molar-refractivity contribution in [1.82, 2.24) is 4.98 Å². The van der Waals surface area contributed by atoms with Crippen LogP contribution in [0.25, 0.3) is 18.4 Å². The summed E-state index contributed by atoms with van der Waals surface area (Å²) in [6.45, 7) is 29.9. The van der Waals surface area contributed by atoms with Crippen LogP contribution >= 0.6 is 11.8 Å². The first-order valence-corrected chi connectivity index (χ1v) is 15.6. The molecule has 1 saturated heterocycles. The maximum Gasteiger partial charge on any atom is 0.129 e. The van der Waals surface area contributed by atoms with Gasteiger partial charge in [-0.15, -0.1) is 11.8 Å². The highest BCUT2D eigenvalue weighted by Gasteiger charge is 2.17. The summed E-state index contributed by atoms with van der Waals surface area (Å²) in [5, 5.41) is 8.24. The quantitative estimate of drug-likeness (QED) is 0.345. The lowest BCUT2D eigenvalue weighted by Gasteiger charge is -2.31. The van der Waals surface area contributed by atoms with Gasteiger partial charge in [-0.25, -0.2) is 4.98 Å². The van der Waals surface area contributed by atoms with E-state index in [4.69, 9.17) is 0 Å². The first kappa shape index (κ1) is 37.3. The summed E-state index contributed by atoms with van der Waals surface area (Å²) in [6.07, 6.45) is 12.1. The Morgan fingerprint density at radius 3 is 2.40 bits per heavy atom. The molecule has 0 bridgehead atoms. The lowest BCUT2D eigenvalue weighted by Crippen LogP contribution is -2.33. The summed E-state index contributed by atoms with van der Waals surface area (Å²) in [5.41, 5.74) is 5.44. The molecule has 3 nitrogen and oxygen atoms in total. The van der Waals surface area contributed by atoms with E-state index in [1.54, 1.807) is 0 Å². The molecule has 40 heavy (non-hydrogen) atoms. The Morgan fingerprint density at radius 1 is 1.20 bits per heavy atom. The number of allylic oxidation sites excluding steroid dienone is 2. The summed E-state index contributed by atoms with van der Waals surface area (Å²) < 4.78 is 0. The summed E-state index contributed by atoms with van der Waals surface area (Å²) in [4.78, 5) is 7.02. The molecule has 4 heteroatoms. The number of thioether (sulfide) groups is 1. The molecule has 1 N–H and O–H groups in total. The first-order chi connectivity index (χ1) is 18.7. The molecule has 0 spiro atoms. The normalized spacial score (nSPS) is 14.9. The van der Waals surface area contributed by atoms with Gasteiger partial charge in [-0.05, 0) is 97.7 Å². The van der Waals surface area contributed by atoms with E-state index in [1.807, 2.05) is 37.9 Å². The van der Waals surface area contributed by atoms with Gasteiger partial charge in [0.1, 0.15) is 5.82 Å². The van der Waals surface area contributed by atoms with E-state index in [9.17, 15) is 0 Å². The lowest BCUT2D eigenvalue weighted by molar-refractivity contribution is 0.436. The van der Waals surface area contributed by atoms with Gasteiger partial charge in [0.05, 0.1) is 0 Å². The molecule has 1 atom stereocenters. The largest absolute Gasteiger partial charge is 0.357 e. The smallest absolute Gasteiger partial charge is 0.129 e. The van der Waals surface area contributed by atoms with Crippen molar-refractivity contribution in [2.75, 3.05) is 23.3 Å². The fourth-order valence-electron chi connectivity index (χ4n) is 4.19. The predicted molar refractivity (Wildman–Crippen MR) is 190 cm³/mol. The monoisotopic (exact) mass is 565 g/mol. The Labute approximate surface area is 252 Å². The average Bonchev–Trinajstić information content (AvgIpc) is 2.94. The molecule has 1 aliphatic rings. The van der Waals surface area contributed by atoms with Crippen molar-refractivity contribution in [3.63, 3.8) is 0 Å². The van der Waals surface area contributed by atoms with Gasteiger partial charge in [0.2, 0.25) is 0 Å². The van der Waals surface area contributed by atoms with Gasteiger partial charge in [-0.1, -0.05) is 79.9 Å². The Balaban J connectivity index is 0. The molecule has 1 aliphatic heterocycles. The highest BCUT2D eigenvalue weighted by Crippen LogP contribution is 2.25. The van der Waals surface area contributed by atoms with Crippen LogP contribution in [0.2, 0.25) is 0 Å². The summed E-state index contributed by atoms with van der Waals surface area (Å²) >= 11 is 1.82. The van der Waals surface area contributed by atoms with E-state index < -0.39 is 0 Å². The highest BCUT2D eigenvalue weighted by molar-refractivity contribution is 8.02. The number of nitrogens with one attached hydrogen (secondary N) is 1. The Bertz CT molecular complexity index is 1190. The van der Waals surface area contributed by atoms with Crippen molar-refractivity contribution < 1.29 is 1.43 Å². The standard InChI is InChI=1S/C30H39N3S.C3H8.C2H6.CH4.H2/c1-8-16-34-25(7)26(9-2)18-28-19-29(23(5)17-22(28)4)32-24(6)27-10-13-31-30(20-27)33-14-11-21(3)12-15-33;1-3-2;1-2;;/h8-10,13,16-21,25,32H,4,6,11-12,14-15H2,1-3,5,7H3;3H2,1-2H3;1-2H3;1H4;1H/b16-8?,26-9+,28-18-;;;;. The molecule has 0 saturated carbocycles. The molecule has 0 radical (unpaired) electrons. The highest BCUT2D eigenvalue weighted by atomic mass is 32.2. The molecule has 1 unspecified atom stereocenters. The fraction of sp³-hybridized carbons (Fsp3) is 0.472. The third-order valence-corrected chi connectivity index (χ3v) is 7.63. The number of aromatic nitrogens is 1. The van der Waals surface area contributed by atoms with E-state index >= 15 is 0 Å². The van der Waals surface area contributed by atoms with Crippen molar-refractivity contribution >= 4 is 41.6 Å². The van der Waals surface area contributed by atoms with Gasteiger partial charge in [0.25, 0.3) is 0 Å². The Hall–Kier alpha value is -2.72. The van der Waals surface area contributed by atoms with E-state index in [0.29, 0.717) is 5.25 Å². The van der Waals surface area contributed by atoms with Crippen LogP contribution in [0.4, 0.5) is 11.5 Å². The van der Waals surface area contributed by atoms with Crippen molar-refractivity contribution in [2.45, 2.75) is 94.3 Å². The van der Waals surface area contributed by atoms with Gasteiger partial charge in [0.15, 0.2) is 0 Å². The number of benzene rings is 1. The van der Waals surface area contributed by atoms with Crippen LogP contribution in [0.1, 0.15) is 94.6 Å². The zero-order valence-corrected chi connectivity index (χ0v) is 26.9. The van der Waals surface area contributed by atoms with Crippen molar-refractivity contribution in [3.05, 3.63) is 81.7 Å². The van der Waals surface area contributed by atoms with Crippen molar-refractivity contribution in [1.29, 1.82) is 0 Å². The second-order valence-electron chi connectivity index (χ2n) is 9.93. The number of hydrogen-bond donors (Lipinski definition) is 1. The molecule has 2 heterocycles. The van der Waals surface area contributed by atoms with Gasteiger partial charge >= 0.3 is 0 Å². The zero-order chi connectivity index (χ0) is 29.4. The van der Waals surface area contributed by atoms with Crippen LogP contribution in [0.15, 0.2) is 60.2 Å². The van der Waals surface area contributed by atoms with Gasteiger partial charge in [-0.2, -0.15) is 0 Å². The van der Waals surface area contributed by atoms with Crippen molar-refractivity contribution in [3.8, 4) is 0 Å². The van der Waals surface area contributed by atoms with Crippen LogP contribution in [-0.4, -0.2) is 23.3 Å². The Kier molecular flexibility index (Phi) is 18.8. The second-order valence-corrected chi connectivity index (χ2v) is 11.2. The molecule has 1 aromatic heterocycles. The van der Waals surface area contributed by atoms with Gasteiger partial charge < -0.3 is 10.2 Å². The lowest BCUT2D eigenvalue weighted by atomic mass is 9.99. The maximum absolute atomic E-state index is 4.63. The van der Waals surface area contributed by atoms with Crippen molar-refractivity contribution in [2.24, 2.45) is 5.92 Å². The van der Waals surface area contributed by atoms with E-state index in [0.717, 1.165) is 57.8 Å². The zero-order valence-electron chi connectivity index (χ0n) is 26.1. The van der Waals surface area contributed by atoms with E-state index in [-0.39, 0.29) is 8.85 Å². The molecule has 1 aromatic carbocycles. The summed E-state index contributed by atoms with van der Waals surface area (Å²) in [7, 11) is 0. The second kappa shape index (κ2) is 20.2. The van der Waals surface area contributed by atoms with Crippen LogP contribution in [-0.2, 0) is 0 Å². The number of pyridine rings is 1. The van der Waals surface area contributed by atoms with Gasteiger partial charge in [0, 0.05) is 42.9 Å². The number of nitrogens with zero attached hydrogens (tertiary/aromatic N) is 2. The van der Waals surface area contributed by atoms with Crippen LogP contribution in [0.3, 0.4) is 0 Å². The SMILES string of the molecule is C.C=C(Nc1c/c(=C/C(=C\C)C(C)SC=CC)c(=C)cc1C)c1ccnc(N2CCC(C)CC2)c1.CC.CCC.[HH]. The number of anilines is 2. The number of rotatable bonds is 8. The first-order valence-electron chi connectivity index (χ1n) is 14.6. The third-order valence-electron chi connectivity index (χ3n) is 6.52. The topological polar surface area (TPSA) is 28.2 Å². The van der Waals surface area contributed by atoms with Crippen LogP contribution in [0, 0.1) is 12.8 Å². The maximum atomic E-state index is 4.63. The van der Waals surface area contributed by atoms with Gasteiger partial charge in [-0.3, -0.25) is 0 Å². The minimum atomic E-state index is 0. The fourth-order valence-corrected chi connectivity index (χ4v) is 4.95. The van der Waals surface area contributed by atoms with Crippen LogP contribution < -0.4 is 20.7 Å². The molecule has 3 rings (SSSR count). The number of hydrogen-bond acceptors (Lipinski definition) is 4. The molecule has 224 valence electrons. The van der Waals surface area contributed by atoms with Crippen LogP contribution in [0.5, 0.6) is 0 Å². The molecule has 0 amide bonds. The summed E-state index contributed by atoms with van der Waals surface area (Å²) in [6, 6.07) is 8.52. The minimum Gasteiger partial charge on any atom is -0.357 e. The predicted octanol–water partition coefficient (Wildman–Crippen LogP) is 9.83. The third kappa shape index (κ3) is 11.8. The molecule has 2 aromatic rings. The molecular weight excluding hydrogens is 506 g/mol. The minimum absolute atomic E-state index is 0. The average molecular weight is 566 g/mol. The van der Waals surface area contributed by atoms with E-state index in [2.05, 4.69) is 119 Å². The van der Waals surface area contributed by atoms with E-state index in [1.165, 1.54) is 24.8 Å².